The van der Waals surface area contributed by atoms with Gasteiger partial charge in [-0.1, -0.05) is 18.2 Å². The van der Waals surface area contributed by atoms with Crippen molar-refractivity contribution in [1.29, 1.82) is 0 Å². The molecule has 0 aliphatic rings. The van der Waals surface area contributed by atoms with Crippen LogP contribution < -0.4 is 10.1 Å². The number of rotatable bonds is 7. The topological polar surface area (TPSA) is 41.5 Å². The third kappa shape index (κ3) is 5.75. The second-order valence-corrected chi connectivity index (χ2v) is 3.14. The summed E-state index contributed by atoms with van der Waals surface area (Å²) in [6.45, 7) is 5.65. The van der Waals surface area contributed by atoms with E-state index in [9.17, 15) is 0 Å². The van der Waals surface area contributed by atoms with Gasteiger partial charge in [-0.15, -0.1) is 19.0 Å². The Balaban J connectivity index is 0.00000225. The van der Waals surface area contributed by atoms with Crippen LogP contribution in [0.15, 0.2) is 36.9 Å². The van der Waals surface area contributed by atoms with Crippen LogP contribution in [-0.2, 0) is 6.54 Å². The Morgan fingerprint density at radius 3 is 2.56 bits per heavy atom. The number of benzene rings is 1. The van der Waals surface area contributed by atoms with Gasteiger partial charge in [0.2, 0.25) is 0 Å². The zero-order valence-electron chi connectivity index (χ0n) is 9.19. The van der Waals surface area contributed by atoms with E-state index in [4.69, 9.17) is 9.84 Å². The molecule has 1 rings (SSSR count). The molecule has 0 aliphatic carbocycles. The number of hydrogen-bond acceptors (Lipinski definition) is 3. The van der Waals surface area contributed by atoms with Crippen molar-refractivity contribution < 1.29 is 9.84 Å². The van der Waals surface area contributed by atoms with E-state index in [2.05, 4.69) is 11.9 Å². The Labute approximate surface area is 103 Å². The molecule has 0 aliphatic heterocycles. The molecule has 4 heteroatoms. The molecular formula is C12H18ClNO2. The fourth-order valence-electron chi connectivity index (χ4n) is 1.19. The van der Waals surface area contributed by atoms with E-state index in [1.54, 1.807) is 0 Å². The molecule has 0 bridgehead atoms. The van der Waals surface area contributed by atoms with Gasteiger partial charge < -0.3 is 15.2 Å². The van der Waals surface area contributed by atoms with Crippen LogP contribution in [0.2, 0.25) is 0 Å². The van der Waals surface area contributed by atoms with Crippen LogP contribution in [0.25, 0.3) is 0 Å². The van der Waals surface area contributed by atoms with Gasteiger partial charge in [0.1, 0.15) is 12.4 Å². The first-order valence-electron chi connectivity index (χ1n) is 5.01. The monoisotopic (exact) mass is 243 g/mol. The second-order valence-electron chi connectivity index (χ2n) is 3.14. The number of hydrogen-bond donors (Lipinski definition) is 2. The standard InChI is InChI=1S/C12H17NO2.ClH/c1-2-7-13-10-11-3-5-12(6-4-11)15-9-8-14;/h2-6,13-14H,1,7-10H2;1H. The number of ether oxygens (including phenoxy) is 1. The van der Waals surface area contributed by atoms with E-state index >= 15 is 0 Å². The lowest BCUT2D eigenvalue weighted by Crippen LogP contribution is -2.12. The minimum atomic E-state index is 0. The highest BCUT2D eigenvalue weighted by Crippen LogP contribution is 2.11. The predicted octanol–water partition coefficient (Wildman–Crippen LogP) is 1.76. The van der Waals surface area contributed by atoms with Crippen molar-refractivity contribution in [3.05, 3.63) is 42.5 Å². The summed E-state index contributed by atoms with van der Waals surface area (Å²) < 4.78 is 5.25. The molecule has 1 aromatic carbocycles. The van der Waals surface area contributed by atoms with E-state index in [0.717, 1.165) is 18.8 Å². The van der Waals surface area contributed by atoms with E-state index < -0.39 is 0 Å². The summed E-state index contributed by atoms with van der Waals surface area (Å²) in [7, 11) is 0. The minimum Gasteiger partial charge on any atom is -0.491 e. The van der Waals surface area contributed by atoms with Crippen molar-refractivity contribution in [3.8, 4) is 5.75 Å². The first kappa shape index (κ1) is 15.0. The molecule has 0 aromatic heterocycles. The lowest BCUT2D eigenvalue weighted by molar-refractivity contribution is 0.201. The summed E-state index contributed by atoms with van der Waals surface area (Å²) in [4.78, 5) is 0. The summed E-state index contributed by atoms with van der Waals surface area (Å²) in [5.74, 6) is 0.788. The van der Waals surface area contributed by atoms with E-state index in [1.807, 2.05) is 30.3 Å². The number of aliphatic hydroxyl groups is 1. The van der Waals surface area contributed by atoms with Gasteiger partial charge in [-0.2, -0.15) is 0 Å². The van der Waals surface area contributed by atoms with Crippen LogP contribution in [-0.4, -0.2) is 24.9 Å². The fourth-order valence-corrected chi connectivity index (χ4v) is 1.19. The zero-order chi connectivity index (χ0) is 10.9. The minimum absolute atomic E-state index is 0. The summed E-state index contributed by atoms with van der Waals surface area (Å²) in [6.07, 6.45) is 1.83. The van der Waals surface area contributed by atoms with Gasteiger partial charge >= 0.3 is 0 Å². The summed E-state index contributed by atoms with van der Waals surface area (Å²) >= 11 is 0. The van der Waals surface area contributed by atoms with Crippen LogP contribution in [0.4, 0.5) is 0 Å². The molecule has 0 radical (unpaired) electrons. The maximum Gasteiger partial charge on any atom is 0.119 e. The molecule has 16 heavy (non-hydrogen) atoms. The third-order valence-electron chi connectivity index (χ3n) is 1.90. The predicted molar refractivity (Wildman–Crippen MR) is 68.2 cm³/mol. The quantitative estimate of drug-likeness (QED) is 0.566. The highest BCUT2D eigenvalue weighted by atomic mass is 35.5. The molecular weight excluding hydrogens is 226 g/mol. The highest BCUT2D eigenvalue weighted by molar-refractivity contribution is 5.85. The molecule has 0 heterocycles. The highest BCUT2D eigenvalue weighted by Gasteiger charge is 1.94. The fraction of sp³-hybridized carbons (Fsp3) is 0.333. The molecule has 3 nitrogen and oxygen atoms in total. The largest absolute Gasteiger partial charge is 0.491 e. The molecule has 0 spiro atoms. The van der Waals surface area contributed by atoms with Crippen molar-refractivity contribution in [2.24, 2.45) is 0 Å². The van der Waals surface area contributed by atoms with Gasteiger partial charge in [0.25, 0.3) is 0 Å². The van der Waals surface area contributed by atoms with E-state index in [1.165, 1.54) is 5.56 Å². The Kier molecular flexibility index (Phi) is 8.62. The number of nitrogens with one attached hydrogen (secondary N) is 1. The molecule has 2 N–H and O–H groups in total. The Bertz CT molecular complexity index is 288. The van der Waals surface area contributed by atoms with Gasteiger partial charge in [0.15, 0.2) is 0 Å². The van der Waals surface area contributed by atoms with Gasteiger partial charge in [-0.25, -0.2) is 0 Å². The molecule has 0 amide bonds. The lowest BCUT2D eigenvalue weighted by Gasteiger charge is -2.06. The van der Waals surface area contributed by atoms with Gasteiger partial charge in [-0.05, 0) is 17.7 Å². The third-order valence-corrected chi connectivity index (χ3v) is 1.90. The van der Waals surface area contributed by atoms with Crippen molar-refractivity contribution in [2.75, 3.05) is 19.8 Å². The van der Waals surface area contributed by atoms with Crippen LogP contribution in [0, 0.1) is 0 Å². The lowest BCUT2D eigenvalue weighted by atomic mass is 10.2. The normalized spacial score (nSPS) is 9.31. The molecule has 90 valence electrons. The molecule has 0 atom stereocenters. The SMILES string of the molecule is C=CCNCc1ccc(OCCO)cc1.Cl. The first-order chi connectivity index (χ1) is 7.36. The summed E-state index contributed by atoms with van der Waals surface area (Å²) in [5, 5.41) is 11.8. The van der Waals surface area contributed by atoms with Crippen LogP contribution in [0.1, 0.15) is 5.56 Å². The Morgan fingerprint density at radius 2 is 2.00 bits per heavy atom. The number of halogens is 1. The van der Waals surface area contributed by atoms with Gasteiger partial charge in [0.05, 0.1) is 6.61 Å². The van der Waals surface area contributed by atoms with Gasteiger partial charge in [-0.3, -0.25) is 0 Å². The first-order valence-corrected chi connectivity index (χ1v) is 5.01. The van der Waals surface area contributed by atoms with Crippen LogP contribution in [0.3, 0.4) is 0 Å². The maximum atomic E-state index is 8.58. The maximum absolute atomic E-state index is 8.58. The number of aliphatic hydroxyl groups excluding tert-OH is 1. The molecule has 0 saturated carbocycles. The average Bonchev–Trinajstić information content (AvgIpc) is 2.28. The second kappa shape index (κ2) is 9.21. The van der Waals surface area contributed by atoms with Gasteiger partial charge in [0, 0.05) is 13.1 Å². The summed E-state index contributed by atoms with van der Waals surface area (Å²) in [6, 6.07) is 7.81. The van der Waals surface area contributed by atoms with Crippen LogP contribution in [0.5, 0.6) is 5.75 Å². The van der Waals surface area contributed by atoms with E-state index in [-0.39, 0.29) is 19.0 Å². The smallest absolute Gasteiger partial charge is 0.119 e. The Morgan fingerprint density at radius 1 is 1.31 bits per heavy atom. The Hall–Kier alpha value is -1.03. The van der Waals surface area contributed by atoms with E-state index in [0.29, 0.717) is 6.61 Å². The van der Waals surface area contributed by atoms with Crippen LogP contribution >= 0.6 is 12.4 Å². The summed E-state index contributed by atoms with van der Waals surface area (Å²) in [5.41, 5.74) is 1.20. The molecule has 0 unspecified atom stereocenters. The molecule has 1 aromatic rings. The van der Waals surface area contributed by atoms with Crippen molar-refractivity contribution in [2.45, 2.75) is 6.54 Å². The van der Waals surface area contributed by atoms with Crippen molar-refractivity contribution >= 4 is 12.4 Å². The zero-order valence-corrected chi connectivity index (χ0v) is 10.0. The molecule has 0 fully saturated rings. The van der Waals surface area contributed by atoms with Crippen molar-refractivity contribution in [3.63, 3.8) is 0 Å². The molecule has 0 saturated heterocycles. The average molecular weight is 244 g/mol. The van der Waals surface area contributed by atoms with Crippen molar-refractivity contribution in [1.82, 2.24) is 5.32 Å².